The van der Waals surface area contributed by atoms with E-state index in [1.807, 2.05) is 4.90 Å². The van der Waals surface area contributed by atoms with E-state index in [1.165, 1.54) is 10.7 Å². The Morgan fingerprint density at radius 1 is 1.50 bits per heavy atom. The molecular formula is C11H17N5O2. The molecule has 2 heterocycles. The molecule has 2 rings (SSSR count). The minimum Gasteiger partial charge on any atom is -0.395 e. The minimum atomic E-state index is -0.300. The Bertz CT molecular complexity index is 562. The number of H-pyrrole nitrogens is 1. The molecule has 0 amide bonds. The summed E-state index contributed by atoms with van der Waals surface area (Å²) in [5.41, 5.74) is 0.232. The van der Waals surface area contributed by atoms with E-state index in [0.717, 1.165) is 25.2 Å². The zero-order valence-corrected chi connectivity index (χ0v) is 10.3. The summed E-state index contributed by atoms with van der Waals surface area (Å²) in [6.45, 7) is 3.54. The molecule has 0 bridgehead atoms. The van der Waals surface area contributed by atoms with Gasteiger partial charge in [0, 0.05) is 19.2 Å². The predicted molar refractivity (Wildman–Crippen MR) is 67.8 cm³/mol. The van der Waals surface area contributed by atoms with Gasteiger partial charge in [0.25, 0.3) is 0 Å². The highest BCUT2D eigenvalue weighted by Gasteiger charge is 2.09. The van der Waals surface area contributed by atoms with Gasteiger partial charge in [0.1, 0.15) is 12.1 Å². The van der Waals surface area contributed by atoms with Crippen LogP contribution >= 0.6 is 0 Å². The third-order valence-electron chi connectivity index (χ3n) is 2.77. The predicted octanol–water partition coefficient (Wildman–Crippen LogP) is 0.0164. The smallest absolute Gasteiger partial charge is 0.348 e. The molecule has 2 N–H and O–H groups in total. The number of aromatic nitrogens is 4. The fourth-order valence-electron chi connectivity index (χ4n) is 1.78. The lowest BCUT2D eigenvalue weighted by Gasteiger charge is -2.22. The first-order valence-corrected chi connectivity index (χ1v) is 6.05. The molecule has 2 aromatic heterocycles. The average molecular weight is 251 g/mol. The van der Waals surface area contributed by atoms with Crippen molar-refractivity contribution < 1.29 is 5.11 Å². The Labute approximate surface area is 104 Å². The van der Waals surface area contributed by atoms with E-state index in [4.69, 9.17) is 5.11 Å². The summed E-state index contributed by atoms with van der Waals surface area (Å²) < 4.78 is 1.35. The lowest BCUT2D eigenvalue weighted by atomic mass is 10.3. The molecule has 0 aromatic carbocycles. The lowest BCUT2D eigenvalue weighted by molar-refractivity contribution is 0.301. The molecule has 7 nitrogen and oxygen atoms in total. The molecule has 0 unspecified atom stereocenters. The van der Waals surface area contributed by atoms with Gasteiger partial charge >= 0.3 is 5.69 Å². The highest BCUT2D eigenvalue weighted by molar-refractivity contribution is 5.50. The molecule has 0 aliphatic carbocycles. The van der Waals surface area contributed by atoms with Crippen LogP contribution in [-0.2, 0) is 0 Å². The van der Waals surface area contributed by atoms with Crippen LogP contribution in [0.4, 0.5) is 5.82 Å². The second kappa shape index (κ2) is 5.63. The van der Waals surface area contributed by atoms with E-state index in [9.17, 15) is 4.79 Å². The minimum absolute atomic E-state index is 0.0734. The maximum absolute atomic E-state index is 11.3. The van der Waals surface area contributed by atoms with Crippen LogP contribution in [0.5, 0.6) is 0 Å². The van der Waals surface area contributed by atoms with Gasteiger partial charge in [-0.05, 0) is 6.42 Å². The fraction of sp³-hybridized carbons (Fsp3) is 0.545. The zero-order chi connectivity index (χ0) is 13.0. The number of aromatic amines is 1. The van der Waals surface area contributed by atoms with E-state index in [-0.39, 0.29) is 12.3 Å². The Morgan fingerprint density at radius 2 is 2.33 bits per heavy atom. The number of fused-ring (bicyclic) bond motifs is 1. The van der Waals surface area contributed by atoms with Gasteiger partial charge in [-0.3, -0.25) is 0 Å². The summed E-state index contributed by atoms with van der Waals surface area (Å²) in [5, 5.41) is 15.3. The molecule has 0 aliphatic heterocycles. The summed E-state index contributed by atoms with van der Waals surface area (Å²) in [6, 6.07) is 1.74. The number of hydrogen-bond acceptors (Lipinski definition) is 5. The van der Waals surface area contributed by atoms with E-state index in [2.05, 4.69) is 22.1 Å². The second-order valence-corrected chi connectivity index (χ2v) is 4.07. The van der Waals surface area contributed by atoms with Crippen molar-refractivity contribution >= 4 is 11.5 Å². The number of aliphatic hydroxyl groups excluding tert-OH is 1. The van der Waals surface area contributed by atoms with Crippen LogP contribution < -0.4 is 10.6 Å². The quantitative estimate of drug-likeness (QED) is 0.755. The van der Waals surface area contributed by atoms with Crippen LogP contribution in [0.3, 0.4) is 0 Å². The number of nitrogens with zero attached hydrogens (tertiary/aromatic N) is 4. The van der Waals surface area contributed by atoms with Gasteiger partial charge in [-0.1, -0.05) is 13.3 Å². The SMILES string of the molecule is CCCCN(CCO)c1cc2n[nH]c(=O)n2cn1. The molecule has 0 fully saturated rings. The van der Waals surface area contributed by atoms with Gasteiger partial charge in [0.15, 0.2) is 5.65 Å². The first-order valence-electron chi connectivity index (χ1n) is 6.05. The maximum atomic E-state index is 11.3. The summed E-state index contributed by atoms with van der Waals surface area (Å²) in [4.78, 5) is 17.5. The summed E-state index contributed by atoms with van der Waals surface area (Å²) in [7, 11) is 0. The largest absolute Gasteiger partial charge is 0.395 e. The maximum Gasteiger partial charge on any atom is 0.348 e. The molecular weight excluding hydrogens is 234 g/mol. The van der Waals surface area contributed by atoms with Gasteiger partial charge in [-0.25, -0.2) is 19.3 Å². The van der Waals surface area contributed by atoms with Crippen LogP contribution in [0.25, 0.3) is 5.65 Å². The molecule has 98 valence electrons. The number of anilines is 1. The lowest BCUT2D eigenvalue weighted by Crippen LogP contribution is -2.28. The number of hydrogen-bond donors (Lipinski definition) is 2. The first kappa shape index (κ1) is 12.6. The van der Waals surface area contributed by atoms with E-state index < -0.39 is 0 Å². The Kier molecular flexibility index (Phi) is 3.93. The van der Waals surface area contributed by atoms with Crippen molar-refractivity contribution in [2.75, 3.05) is 24.6 Å². The van der Waals surface area contributed by atoms with Gasteiger partial charge < -0.3 is 10.0 Å². The Balaban J connectivity index is 2.28. The third kappa shape index (κ3) is 2.51. The zero-order valence-electron chi connectivity index (χ0n) is 10.3. The fourth-order valence-corrected chi connectivity index (χ4v) is 1.78. The van der Waals surface area contributed by atoms with E-state index in [0.29, 0.717) is 12.2 Å². The highest BCUT2D eigenvalue weighted by Crippen LogP contribution is 2.12. The summed E-state index contributed by atoms with van der Waals surface area (Å²) in [6.07, 6.45) is 3.55. The van der Waals surface area contributed by atoms with Crippen LogP contribution in [0, 0.1) is 0 Å². The van der Waals surface area contributed by atoms with Crippen LogP contribution in [-0.4, -0.2) is 44.4 Å². The van der Waals surface area contributed by atoms with Gasteiger partial charge in [0.05, 0.1) is 6.61 Å². The molecule has 0 atom stereocenters. The Hall–Kier alpha value is -1.89. The van der Waals surface area contributed by atoms with Crippen molar-refractivity contribution in [3.05, 3.63) is 22.9 Å². The Morgan fingerprint density at radius 3 is 3.06 bits per heavy atom. The van der Waals surface area contributed by atoms with E-state index >= 15 is 0 Å². The molecule has 0 spiro atoms. The van der Waals surface area contributed by atoms with Crippen LogP contribution in [0.2, 0.25) is 0 Å². The molecule has 2 aromatic rings. The average Bonchev–Trinajstić information content (AvgIpc) is 2.76. The number of rotatable bonds is 6. The van der Waals surface area contributed by atoms with Crippen molar-refractivity contribution in [1.29, 1.82) is 0 Å². The number of unbranched alkanes of at least 4 members (excludes halogenated alkanes) is 1. The van der Waals surface area contributed by atoms with Crippen molar-refractivity contribution in [3.8, 4) is 0 Å². The van der Waals surface area contributed by atoms with Crippen LogP contribution in [0.15, 0.2) is 17.2 Å². The molecule has 7 heteroatoms. The molecule has 0 radical (unpaired) electrons. The van der Waals surface area contributed by atoms with Crippen molar-refractivity contribution in [2.24, 2.45) is 0 Å². The first-order chi connectivity index (χ1) is 8.76. The molecule has 0 saturated heterocycles. The second-order valence-electron chi connectivity index (χ2n) is 4.07. The monoisotopic (exact) mass is 251 g/mol. The molecule has 18 heavy (non-hydrogen) atoms. The van der Waals surface area contributed by atoms with Gasteiger partial charge in [-0.15, -0.1) is 0 Å². The molecule has 0 aliphatic rings. The molecule has 0 saturated carbocycles. The number of nitrogens with one attached hydrogen (secondary N) is 1. The third-order valence-corrected chi connectivity index (χ3v) is 2.77. The standard InChI is InChI=1S/C11H17N5O2/c1-2-3-4-15(5-6-17)9-7-10-13-14-11(18)16(10)8-12-9/h7-8,17H,2-6H2,1H3,(H,14,18). The normalized spacial score (nSPS) is 11.0. The topological polar surface area (TPSA) is 86.5 Å². The van der Waals surface area contributed by atoms with Crippen molar-refractivity contribution in [1.82, 2.24) is 19.6 Å². The highest BCUT2D eigenvalue weighted by atomic mass is 16.3. The number of aliphatic hydroxyl groups is 1. The van der Waals surface area contributed by atoms with Crippen molar-refractivity contribution in [3.63, 3.8) is 0 Å². The summed E-state index contributed by atoms with van der Waals surface area (Å²) in [5.74, 6) is 0.726. The van der Waals surface area contributed by atoms with Crippen molar-refractivity contribution in [2.45, 2.75) is 19.8 Å². The summed E-state index contributed by atoms with van der Waals surface area (Å²) >= 11 is 0. The van der Waals surface area contributed by atoms with Crippen LogP contribution in [0.1, 0.15) is 19.8 Å². The van der Waals surface area contributed by atoms with Gasteiger partial charge in [0.2, 0.25) is 0 Å². The van der Waals surface area contributed by atoms with E-state index in [1.54, 1.807) is 6.07 Å². The van der Waals surface area contributed by atoms with Gasteiger partial charge in [-0.2, -0.15) is 5.10 Å².